The molecule has 0 atom stereocenters. The fourth-order valence-corrected chi connectivity index (χ4v) is 1.73. The molecule has 0 saturated heterocycles. The number of ether oxygens (including phenoxy) is 1. The van der Waals surface area contributed by atoms with E-state index in [-0.39, 0.29) is 0 Å². The van der Waals surface area contributed by atoms with E-state index in [4.69, 9.17) is 4.74 Å². The number of nitrogens with zero attached hydrogens (tertiary/aromatic N) is 2. The second kappa shape index (κ2) is 6.64. The largest absolute Gasteiger partial charge is 0.473 e. The Kier molecular flexibility index (Phi) is 4.61. The summed E-state index contributed by atoms with van der Waals surface area (Å²) in [6.07, 6.45) is 0.685. The van der Waals surface area contributed by atoms with Crippen LogP contribution in [-0.2, 0) is 13.0 Å². The van der Waals surface area contributed by atoms with Crippen molar-refractivity contribution in [1.29, 1.82) is 0 Å². The number of hydrogen-bond acceptors (Lipinski definition) is 4. The number of rotatable bonds is 6. The first kappa shape index (κ1) is 13.2. The molecular formula is C15H16N2O2. The normalized spacial score (nSPS) is 10.2. The van der Waals surface area contributed by atoms with Crippen molar-refractivity contribution in [2.75, 3.05) is 6.54 Å². The topological polar surface area (TPSA) is 51.5 Å². The second-order valence-corrected chi connectivity index (χ2v) is 4.33. The lowest BCUT2D eigenvalue weighted by Gasteiger charge is -2.06. The first-order valence-electron chi connectivity index (χ1n) is 6.21. The van der Waals surface area contributed by atoms with Gasteiger partial charge in [0.2, 0.25) is 5.88 Å². The predicted molar refractivity (Wildman–Crippen MR) is 74.1 cm³/mol. The molecule has 0 bridgehead atoms. The van der Waals surface area contributed by atoms with E-state index in [0.29, 0.717) is 25.5 Å². The molecule has 4 heteroatoms. The Morgan fingerprint density at radius 2 is 1.84 bits per heavy atom. The van der Waals surface area contributed by atoms with Crippen LogP contribution in [0.4, 0.5) is 0 Å². The summed E-state index contributed by atoms with van der Waals surface area (Å²) in [5, 5.41) is 2.85. The third-order valence-electron chi connectivity index (χ3n) is 2.76. The van der Waals surface area contributed by atoms with Crippen LogP contribution >= 0.6 is 0 Å². The fraction of sp³-hybridized carbons (Fsp3) is 0.267. The van der Waals surface area contributed by atoms with Crippen molar-refractivity contribution in [3.05, 3.63) is 64.2 Å². The zero-order valence-electron chi connectivity index (χ0n) is 10.9. The van der Waals surface area contributed by atoms with Crippen molar-refractivity contribution in [3.63, 3.8) is 0 Å². The highest BCUT2D eigenvalue weighted by Gasteiger charge is 1.98. The highest BCUT2D eigenvalue weighted by atomic mass is 16.5. The molecule has 0 N–H and O–H groups in total. The molecule has 1 aromatic heterocycles. The Bertz CT molecular complexity index is 538. The van der Waals surface area contributed by atoms with Crippen molar-refractivity contribution in [2.45, 2.75) is 20.0 Å². The summed E-state index contributed by atoms with van der Waals surface area (Å²) in [6, 6.07) is 13.7. The molecule has 0 aliphatic heterocycles. The zero-order valence-corrected chi connectivity index (χ0v) is 10.9. The highest BCUT2D eigenvalue weighted by Crippen LogP contribution is 2.11. The molecule has 2 aromatic rings. The Balaban J connectivity index is 1.91. The van der Waals surface area contributed by atoms with Gasteiger partial charge < -0.3 is 4.74 Å². The molecule has 1 heterocycles. The van der Waals surface area contributed by atoms with Gasteiger partial charge in [0.1, 0.15) is 6.61 Å². The number of hydrogen-bond donors (Lipinski definition) is 0. The minimum atomic E-state index is 0.322. The van der Waals surface area contributed by atoms with E-state index in [2.05, 4.69) is 10.2 Å². The summed E-state index contributed by atoms with van der Waals surface area (Å²) in [5.74, 6) is 0.634. The molecule has 0 radical (unpaired) electrons. The van der Waals surface area contributed by atoms with Gasteiger partial charge >= 0.3 is 0 Å². The minimum absolute atomic E-state index is 0.322. The fourth-order valence-electron chi connectivity index (χ4n) is 1.73. The van der Waals surface area contributed by atoms with Crippen LogP contribution in [0.1, 0.15) is 16.8 Å². The zero-order chi connectivity index (χ0) is 13.5. The Morgan fingerprint density at radius 1 is 1.11 bits per heavy atom. The molecule has 0 fully saturated rings. The minimum Gasteiger partial charge on any atom is -0.473 e. The summed E-state index contributed by atoms with van der Waals surface area (Å²) < 4.78 is 5.61. The molecule has 19 heavy (non-hydrogen) atoms. The summed E-state index contributed by atoms with van der Waals surface area (Å²) in [7, 11) is 0. The quantitative estimate of drug-likeness (QED) is 0.745. The van der Waals surface area contributed by atoms with Gasteiger partial charge in [0, 0.05) is 11.8 Å². The van der Waals surface area contributed by atoms with Crippen LogP contribution in [0.5, 0.6) is 5.88 Å². The molecular weight excluding hydrogens is 240 g/mol. The van der Waals surface area contributed by atoms with Gasteiger partial charge in [-0.05, 0) is 30.5 Å². The van der Waals surface area contributed by atoms with Gasteiger partial charge in [-0.15, -0.1) is 0 Å². The van der Waals surface area contributed by atoms with E-state index in [0.717, 1.165) is 16.8 Å². The molecule has 0 amide bonds. The van der Waals surface area contributed by atoms with Crippen LogP contribution in [-0.4, -0.2) is 11.5 Å². The van der Waals surface area contributed by atoms with Gasteiger partial charge in [0.25, 0.3) is 0 Å². The van der Waals surface area contributed by atoms with E-state index in [1.165, 1.54) is 0 Å². The van der Waals surface area contributed by atoms with Gasteiger partial charge in [-0.3, -0.25) is 0 Å². The number of benzene rings is 1. The monoisotopic (exact) mass is 256 g/mol. The summed E-state index contributed by atoms with van der Waals surface area (Å²) >= 11 is 0. The lowest BCUT2D eigenvalue weighted by molar-refractivity contribution is 0.293. The van der Waals surface area contributed by atoms with Crippen LogP contribution in [0, 0.1) is 11.8 Å². The first-order chi connectivity index (χ1) is 9.28. The van der Waals surface area contributed by atoms with E-state index in [1.807, 2.05) is 49.4 Å². The molecule has 0 aliphatic rings. The number of aryl methyl sites for hydroxylation is 1. The number of aromatic nitrogens is 1. The molecule has 2 rings (SSSR count). The third-order valence-corrected chi connectivity index (χ3v) is 2.76. The maximum absolute atomic E-state index is 10.1. The molecule has 0 spiro atoms. The number of pyridine rings is 1. The average molecular weight is 256 g/mol. The van der Waals surface area contributed by atoms with Gasteiger partial charge in [0.15, 0.2) is 0 Å². The number of nitroso groups, excluding NO2 is 1. The Labute approximate surface area is 112 Å². The summed E-state index contributed by atoms with van der Waals surface area (Å²) in [6.45, 7) is 2.74. The lowest BCUT2D eigenvalue weighted by Crippen LogP contribution is -1.98. The van der Waals surface area contributed by atoms with Gasteiger partial charge in [0.05, 0.1) is 6.54 Å². The molecule has 1 aromatic carbocycles. The van der Waals surface area contributed by atoms with Crippen molar-refractivity contribution in [3.8, 4) is 5.88 Å². The SMILES string of the molecule is Cc1cccc(OCc2ccc(CCN=O)cc2)n1. The van der Waals surface area contributed by atoms with Crippen LogP contribution < -0.4 is 4.74 Å². The second-order valence-electron chi connectivity index (χ2n) is 4.33. The maximum Gasteiger partial charge on any atom is 0.213 e. The standard InChI is InChI=1S/C15H16N2O2/c1-12-3-2-4-15(17-12)19-11-14-7-5-13(6-8-14)9-10-16-18/h2-8H,9-11H2,1H3. The summed E-state index contributed by atoms with van der Waals surface area (Å²) in [5.41, 5.74) is 3.12. The van der Waals surface area contributed by atoms with Crippen molar-refractivity contribution in [1.82, 2.24) is 4.98 Å². The van der Waals surface area contributed by atoms with Gasteiger partial charge in [-0.25, -0.2) is 4.98 Å². The smallest absolute Gasteiger partial charge is 0.213 e. The highest BCUT2D eigenvalue weighted by molar-refractivity contribution is 5.23. The van der Waals surface area contributed by atoms with Crippen LogP contribution in [0.3, 0.4) is 0 Å². The maximum atomic E-state index is 10.1. The van der Waals surface area contributed by atoms with E-state index >= 15 is 0 Å². The van der Waals surface area contributed by atoms with Crippen LogP contribution in [0.15, 0.2) is 47.6 Å². The molecule has 4 nitrogen and oxygen atoms in total. The predicted octanol–water partition coefficient (Wildman–Crippen LogP) is 3.28. The first-order valence-corrected chi connectivity index (χ1v) is 6.21. The Morgan fingerprint density at radius 3 is 2.53 bits per heavy atom. The molecule has 0 aliphatic carbocycles. The van der Waals surface area contributed by atoms with E-state index in [9.17, 15) is 4.91 Å². The molecule has 0 saturated carbocycles. The average Bonchev–Trinajstić information content (AvgIpc) is 2.44. The van der Waals surface area contributed by atoms with Crippen LogP contribution in [0.2, 0.25) is 0 Å². The van der Waals surface area contributed by atoms with Crippen molar-refractivity contribution < 1.29 is 4.74 Å². The summed E-state index contributed by atoms with van der Waals surface area (Å²) in [4.78, 5) is 14.3. The van der Waals surface area contributed by atoms with Gasteiger partial charge in [-0.1, -0.05) is 35.5 Å². The molecule has 98 valence electrons. The van der Waals surface area contributed by atoms with Crippen molar-refractivity contribution in [2.24, 2.45) is 5.18 Å². The molecule has 0 unspecified atom stereocenters. The van der Waals surface area contributed by atoms with Gasteiger partial charge in [-0.2, -0.15) is 4.91 Å². The van der Waals surface area contributed by atoms with E-state index in [1.54, 1.807) is 0 Å². The van der Waals surface area contributed by atoms with E-state index < -0.39 is 0 Å². The Hall–Kier alpha value is -2.23. The van der Waals surface area contributed by atoms with Crippen LogP contribution in [0.25, 0.3) is 0 Å². The van der Waals surface area contributed by atoms with Crippen molar-refractivity contribution >= 4 is 0 Å². The third kappa shape index (κ3) is 4.17. The lowest BCUT2D eigenvalue weighted by atomic mass is 10.1.